The summed E-state index contributed by atoms with van der Waals surface area (Å²) >= 11 is 0. The molecule has 0 bridgehead atoms. The number of Topliss-reactive ketones (excluding diaryl/α,β-unsaturated/α-hetero) is 1. The van der Waals surface area contributed by atoms with E-state index < -0.39 is 23.4 Å². The minimum absolute atomic E-state index is 0.0672. The van der Waals surface area contributed by atoms with Crippen LogP contribution >= 0.6 is 0 Å². The van der Waals surface area contributed by atoms with Crippen molar-refractivity contribution in [2.24, 2.45) is 0 Å². The molecule has 186 valence electrons. The molecule has 2 aliphatic carbocycles. The lowest BCUT2D eigenvalue weighted by Crippen LogP contribution is -2.20. The fourth-order valence-corrected chi connectivity index (χ4v) is 4.02. The van der Waals surface area contributed by atoms with E-state index in [2.05, 4.69) is 5.32 Å². The van der Waals surface area contributed by atoms with E-state index in [4.69, 9.17) is 13.9 Å². The molecule has 1 N–H and O–H groups in total. The number of rotatable bonds is 6. The number of ether oxygens (including phenoxy) is 2. The molecule has 2 aromatic rings. The first-order valence-electron chi connectivity index (χ1n) is 10.8. The topological polar surface area (TPSA) is 77.8 Å². The zero-order valence-corrected chi connectivity index (χ0v) is 19.7. The van der Waals surface area contributed by atoms with Gasteiger partial charge in [-0.05, 0) is 82.8 Å². The standard InChI is InChI=1S/C27H22F3NO5/c1-15-20(9-16-10-23(34-2)26(33)24(11-16)35-3)19-7-6-17(27(28,29)30)12-22(19)21(15)13-25(32)31-14-18-5-4-8-36-18/h4-13H,14H2,1-3H3,(H,31,32). The number of furan rings is 1. The first-order chi connectivity index (χ1) is 17.1. The van der Waals surface area contributed by atoms with Crippen LogP contribution in [-0.2, 0) is 31.8 Å². The molecule has 0 saturated heterocycles. The lowest BCUT2D eigenvalue weighted by Gasteiger charge is -2.14. The fourth-order valence-electron chi connectivity index (χ4n) is 4.02. The van der Waals surface area contributed by atoms with Gasteiger partial charge in [0.05, 0.1) is 32.6 Å². The molecule has 1 aromatic heterocycles. The van der Waals surface area contributed by atoms with Crippen LogP contribution in [0.1, 0.15) is 29.4 Å². The third-order valence-electron chi connectivity index (χ3n) is 5.82. The summed E-state index contributed by atoms with van der Waals surface area (Å²) in [7, 11) is 2.71. The van der Waals surface area contributed by atoms with Crippen LogP contribution in [0.15, 0.2) is 88.0 Å². The third-order valence-corrected chi connectivity index (χ3v) is 5.82. The maximum absolute atomic E-state index is 13.5. The molecule has 1 aromatic carbocycles. The van der Waals surface area contributed by atoms with Gasteiger partial charge in [-0.2, -0.15) is 13.2 Å². The first-order valence-corrected chi connectivity index (χ1v) is 10.8. The van der Waals surface area contributed by atoms with Crippen LogP contribution in [0.3, 0.4) is 0 Å². The van der Waals surface area contributed by atoms with Crippen molar-refractivity contribution in [3.8, 4) is 0 Å². The molecule has 0 unspecified atom stereocenters. The number of ketones is 1. The molecule has 9 heteroatoms. The van der Waals surface area contributed by atoms with Crippen LogP contribution in [0, 0.1) is 0 Å². The van der Waals surface area contributed by atoms with Crippen molar-refractivity contribution in [2.45, 2.75) is 19.6 Å². The zero-order valence-electron chi connectivity index (χ0n) is 19.7. The van der Waals surface area contributed by atoms with Gasteiger partial charge < -0.3 is 19.2 Å². The lowest BCUT2D eigenvalue weighted by molar-refractivity contribution is -0.137. The molecule has 1 amide bonds. The first kappa shape index (κ1) is 24.8. The van der Waals surface area contributed by atoms with Gasteiger partial charge in [-0.1, -0.05) is 6.07 Å². The number of halogens is 3. The highest BCUT2D eigenvalue weighted by Crippen LogP contribution is 2.44. The number of hydrogen-bond acceptors (Lipinski definition) is 5. The van der Waals surface area contributed by atoms with Crippen molar-refractivity contribution in [2.75, 3.05) is 14.2 Å². The Hall–Kier alpha value is -4.27. The van der Waals surface area contributed by atoms with Gasteiger partial charge >= 0.3 is 6.18 Å². The minimum Gasteiger partial charge on any atom is -0.492 e. The molecule has 2 aliphatic rings. The van der Waals surface area contributed by atoms with E-state index in [9.17, 15) is 22.8 Å². The van der Waals surface area contributed by atoms with Crippen LogP contribution in [0.5, 0.6) is 0 Å². The van der Waals surface area contributed by atoms with Crippen molar-refractivity contribution < 1.29 is 36.7 Å². The quantitative estimate of drug-likeness (QED) is 0.544. The highest BCUT2D eigenvalue weighted by atomic mass is 19.4. The van der Waals surface area contributed by atoms with E-state index in [0.717, 1.165) is 12.1 Å². The second kappa shape index (κ2) is 9.77. The van der Waals surface area contributed by atoms with Gasteiger partial charge in [0.2, 0.25) is 5.91 Å². The van der Waals surface area contributed by atoms with E-state index in [1.807, 2.05) is 0 Å². The van der Waals surface area contributed by atoms with Gasteiger partial charge in [-0.15, -0.1) is 0 Å². The summed E-state index contributed by atoms with van der Waals surface area (Å²) in [6, 6.07) is 6.80. The Bertz CT molecular complexity index is 1350. The summed E-state index contributed by atoms with van der Waals surface area (Å²) in [6.07, 6.45) is 2.96. The number of carbonyl (C=O) groups is 2. The van der Waals surface area contributed by atoms with Gasteiger partial charge in [-0.3, -0.25) is 9.59 Å². The summed E-state index contributed by atoms with van der Waals surface area (Å²) in [5.74, 6) is -0.225. The predicted octanol–water partition coefficient (Wildman–Crippen LogP) is 5.36. The van der Waals surface area contributed by atoms with Gasteiger partial charge in [0.25, 0.3) is 5.78 Å². The van der Waals surface area contributed by atoms with E-state index in [0.29, 0.717) is 33.6 Å². The molecular weight excluding hydrogens is 475 g/mol. The molecule has 6 nitrogen and oxygen atoms in total. The van der Waals surface area contributed by atoms with Crippen LogP contribution in [0.25, 0.3) is 11.1 Å². The summed E-state index contributed by atoms with van der Waals surface area (Å²) < 4.78 is 55.9. The second-order valence-electron chi connectivity index (χ2n) is 8.05. The van der Waals surface area contributed by atoms with E-state index in [1.54, 1.807) is 25.1 Å². The Labute approximate surface area is 205 Å². The Morgan fingerprint density at radius 1 is 1.08 bits per heavy atom. The molecule has 4 rings (SSSR count). The monoisotopic (exact) mass is 497 g/mol. The molecule has 1 heterocycles. The number of methoxy groups -OCH3 is 2. The average Bonchev–Trinajstić information content (AvgIpc) is 3.45. The SMILES string of the molecule is COC1=CC(=CC2=C(C)C(=CC(=O)NCc3ccco3)c3cc(C(F)(F)F)ccc32)C=C(OC)C1=O. The van der Waals surface area contributed by atoms with Crippen LogP contribution in [0.4, 0.5) is 13.2 Å². The summed E-state index contributed by atoms with van der Waals surface area (Å²) in [5.41, 5.74) is 2.09. The van der Waals surface area contributed by atoms with E-state index >= 15 is 0 Å². The van der Waals surface area contributed by atoms with Crippen molar-refractivity contribution in [3.05, 3.63) is 106 Å². The molecule has 0 atom stereocenters. The Morgan fingerprint density at radius 3 is 2.36 bits per heavy atom. The number of nitrogens with one attached hydrogen (secondary N) is 1. The average molecular weight is 497 g/mol. The second-order valence-corrected chi connectivity index (χ2v) is 8.05. The van der Waals surface area contributed by atoms with Crippen molar-refractivity contribution >= 4 is 22.8 Å². The Balaban J connectivity index is 1.79. The fraction of sp³-hybridized carbons (Fsp3) is 0.185. The number of allylic oxidation sites excluding steroid dienone is 7. The predicted molar refractivity (Wildman–Crippen MR) is 126 cm³/mol. The highest BCUT2D eigenvalue weighted by molar-refractivity contribution is 6.10. The summed E-state index contributed by atoms with van der Waals surface area (Å²) in [6.45, 7) is 1.86. The Morgan fingerprint density at radius 2 is 1.78 bits per heavy atom. The molecule has 0 aliphatic heterocycles. The molecule has 36 heavy (non-hydrogen) atoms. The van der Waals surface area contributed by atoms with Crippen molar-refractivity contribution in [1.29, 1.82) is 0 Å². The smallest absolute Gasteiger partial charge is 0.416 e. The van der Waals surface area contributed by atoms with Crippen LogP contribution in [0.2, 0.25) is 0 Å². The molecule has 0 fully saturated rings. The van der Waals surface area contributed by atoms with Crippen LogP contribution in [-0.4, -0.2) is 25.9 Å². The zero-order chi connectivity index (χ0) is 26.0. The molecule has 0 spiro atoms. The van der Waals surface area contributed by atoms with Crippen LogP contribution < -0.4 is 5.32 Å². The number of carbonyl (C=O) groups excluding carboxylic acids is 2. The van der Waals surface area contributed by atoms with Gasteiger partial charge in [0.1, 0.15) is 5.76 Å². The van der Waals surface area contributed by atoms with Gasteiger partial charge in [0, 0.05) is 6.08 Å². The largest absolute Gasteiger partial charge is 0.492 e. The summed E-state index contributed by atoms with van der Waals surface area (Å²) in [4.78, 5) is 24.9. The third kappa shape index (κ3) is 4.91. The number of fused-ring (bicyclic) bond motifs is 1. The minimum atomic E-state index is -4.55. The maximum Gasteiger partial charge on any atom is 0.416 e. The van der Waals surface area contributed by atoms with E-state index in [-0.39, 0.29) is 23.6 Å². The summed E-state index contributed by atoms with van der Waals surface area (Å²) in [5, 5.41) is 2.68. The Kier molecular flexibility index (Phi) is 6.74. The normalized spacial score (nSPS) is 16.6. The van der Waals surface area contributed by atoms with Gasteiger partial charge in [-0.25, -0.2) is 0 Å². The van der Waals surface area contributed by atoms with Crippen molar-refractivity contribution in [1.82, 2.24) is 5.32 Å². The number of alkyl halides is 3. The van der Waals surface area contributed by atoms with Gasteiger partial charge in [0.15, 0.2) is 11.5 Å². The molecule has 0 saturated carbocycles. The number of benzene rings is 1. The van der Waals surface area contributed by atoms with E-state index in [1.165, 1.54) is 44.8 Å². The number of amides is 1. The van der Waals surface area contributed by atoms with Crippen molar-refractivity contribution in [3.63, 3.8) is 0 Å². The number of hydrogen-bond donors (Lipinski definition) is 1. The maximum atomic E-state index is 13.5. The molecule has 0 radical (unpaired) electrons. The highest BCUT2D eigenvalue weighted by Gasteiger charge is 2.33. The lowest BCUT2D eigenvalue weighted by atomic mass is 9.97. The molecular formula is C27H22F3NO5.